The lowest BCUT2D eigenvalue weighted by atomic mass is 9.99. The van der Waals surface area contributed by atoms with Gasteiger partial charge < -0.3 is 5.11 Å². The molecule has 2 aromatic carbocycles. The van der Waals surface area contributed by atoms with Crippen molar-refractivity contribution in [2.24, 2.45) is 0 Å². The molecule has 0 bridgehead atoms. The number of alkyl halides is 3. The molecule has 0 radical (unpaired) electrons. The summed E-state index contributed by atoms with van der Waals surface area (Å²) in [5.41, 5.74) is -1.47. The fourth-order valence-electron chi connectivity index (χ4n) is 2.00. The molecule has 2 aromatic rings. The quantitative estimate of drug-likeness (QED) is 0.741. The van der Waals surface area contributed by atoms with Crippen molar-refractivity contribution in [2.45, 2.75) is 18.7 Å². The van der Waals surface area contributed by atoms with Gasteiger partial charge in [-0.15, -0.1) is 0 Å². The van der Waals surface area contributed by atoms with Crippen LogP contribution in [0, 0.1) is 11.6 Å². The van der Waals surface area contributed by atoms with Crippen LogP contribution in [-0.2, 0) is 12.6 Å². The molecule has 0 saturated heterocycles. The van der Waals surface area contributed by atoms with E-state index in [1.807, 2.05) is 0 Å². The van der Waals surface area contributed by atoms with E-state index < -0.39 is 35.9 Å². The van der Waals surface area contributed by atoms with Gasteiger partial charge in [0.15, 0.2) is 0 Å². The lowest BCUT2D eigenvalue weighted by molar-refractivity contribution is -0.137. The van der Waals surface area contributed by atoms with E-state index in [0.717, 1.165) is 0 Å². The number of hydrogen-bond acceptors (Lipinski definition) is 1. The first-order chi connectivity index (χ1) is 10.2. The molecule has 1 unspecified atom stereocenters. The van der Waals surface area contributed by atoms with Crippen LogP contribution in [0.2, 0.25) is 0 Å². The Morgan fingerprint density at radius 2 is 1.77 bits per heavy atom. The van der Waals surface area contributed by atoms with E-state index in [4.69, 9.17) is 0 Å². The summed E-state index contributed by atoms with van der Waals surface area (Å²) >= 11 is 2.94. The third kappa shape index (κ3) is 3.64. The zero-order valence-electron chi connectivity index (χ0n) is 11.0. The molecular formula is C15H10BrF5O. The Morgan fingerprint density at radius 1 is 1.09 bits per heavy atom. The van der Waals surface area contributed by atoms with E-state index in [1.54, 1.807) is 0 Å². The van der Waals surface area contributed by atoms with Crippen molar-refractivity contribution in [2.75, 3.05) is 0 Å². The minimum absolute atomic E-state index is 0.105. The monoisotopic (exact) mass is 380 g/mol. The first kappa shape index (κ1) is 16.9. The SMILES string of the molecule is OC(Cc1cc(C(F)(F)F)ccc1F)c1cccc(Br)c1F. The molecule has 7 heteroatoms. The summed E-state index contributed by atoms with van der Waals surface area (Å²) in [4.78, 5) is 0. The normalized spacial score (nSPS) is 13.2. The first-order valence-electron chi connectivity index (χ1n) is 6.17. The zero-order chi connectivity index (χ0) is 16.5. The van der Waals surface area contributed by atoms with Gasteiger partial charge in [0.05, 0.1) is 16.1 Å². The van der Waals surface area contributed by atoms with Crippen LogP contribution in [0.5, 0.6) is 0 Å². The molecule has 0 amide bonds. The van der Waals surface area contributed by atoms with E-state index in [9.17, 15) is 27.1 Å². The lowest BCUT2D eigenvalue weighted by Crippen LogP contribution is -2.10. The topological polar surface area (TPSA) is 20.2 Å². The van der Waals surface area contributed by atoms with Gasteiger partial charge in [0, 0.05) is 12.0 Å². The molecule has 0 aliphatic carbocycles. The van der Waals surface area contributed by atoms with E-state index in [2.05, 4.69) is 15.9 Å². The fourth-order valence-corrected chi connectivity index (χ4v) is 2.39. The number of hydrogen-bond donors (Lipinski definition) is 1. The summed E-state index contributed by atoms with van der Waals surface area (Å²) in [5.74, 6) is -1.62. The van der Waals surface area contributed by atoms with E-state index in [1.165, 1.54) is 18.2 Å². The van der Waals surface area contributed by atoms with Crippen molar-refractivity contribution >= 4 is 15.9 Å². The molecule has 1 nitrogen and oxygen atoms in total. The van der Waals surface area contributed by atoms with Gasteiger partial charge in [-0.25, -0.2) is 8.78 Å². The number of rotatable bonds is 3. The fraction of sp³-hybridized carbons (Fsp3) is 0.200. The maximum absolute atomic E-state index is 13.8. The number of halogens is 6. The minimum Gasteiger partial charge on any atom is -0.388 e. The van der Waals surface area contributed by atoms with Gasteiger partial charge >= 0.3 is 6.18 Å². The van der Waals surface area contributed by atoms with E-state index >= 15 is 0 Å². The first-order valence-corrected chi connectivity index (χ1v) is 6.97. The largest absolute Gasteiger partial charge is 0.416 e. The molecule has 0 aromatic heterocycles. The highest BCUT2D eigenvalue weighted by Gasteiger charge is 2.31. The summed E-state index contributed by atoms with van der Waals surface area (Å²) in [6.45, 7) is 0. The highest BCUT2D eigenvalue weighted by Crippen LogP contribution is 2.32. The number of aliphatic hydroxyl groups is 1. The highest BCUT2D eigenvalue weighted by atomic mass is 79.9. The van der Waals surface area contributed by atoms with Gasteiger partial charge in [0.2, 0.25) is 0 Å². The number of benzene rings is 2. The molecule has 0 spiro atoms. The van der Waals surface area contributed by atoms with Crippen molar-refractivity contribution in [3.8, 4) is 0 Å². The van der Waals surface area contributed by atoms with Crippen LogP contribution < -0.4 is 0 Å². The van der Waals surface area contributed by atoms with Gasteiger partial charge in [-0.2, -0.15) is 13.2 Å². The molecule has 0 saturated carbocycles. The Balaban J connectivity index is 2.32. The molecule has 1 atom stereocenters. The third-order valence-corrected chi connectivity index (χ3v) is 3.74. The molecule has 1 N–H and O–H groups in total. The standard InChI is InChI=1S/C15H10BrF5O/c16-11-3-1-2-10(14(11)18)13(22)7-8-6-9(15(19,20)21)4-5-12(8)17/h1-6,13,22H,7H2. The molecule has 0 aliphatic heterocycles. The maximum Gasteiger partial charge on any atom is 0.416 e. The van der Waals surface area contributed by atoms with Crippen LogP contribution in [0.4, 0.5) is 22.0 Å². The van der Waals surface area contributed by atoms with Crippen LogP contribution in [0.1, 0.15) is 22.8 Å². The van der Waals surface area contributed by atoms with Crippen LogP contribution in [0.15, 0.2) is 40.9 Å². The Bertz CT molecular complexity index is 684. The third-order valence-electron chi connectivity index (χ3n) is 3.13. The smallest absolute Gasteiger partial charge is 0.388 e. The Labute approximate surface area is 131 Å². The van der Waals surface area contributed by atoms with Crippen molar-refractivity contribution < 1.29 is 27.1 Å². The van der Waals surface area contributed by atoms with Gasteiger partial charge in [-0.1, -0.05) is 12.1 Å². The van der Waals surface area contributed by atoms with Gasteiger partial charge in [0.25, 0.3) is 0 Å². The Morgan fingerprint density at radius 3 is 2.41 bits per heavy atom. The van der Waals surface area contributed by atoms with Crippen LogP contribution in [0.3, 0.4) is 0 Å². The highest BCUT2D eigenvalue weighted by molar-refractivity contribution is 9.10. The van der Waals surface area contributed by atoms with Gasteiger partial charge in [-0.05, 0) is 45.8 Å². The van der Waals surface area contributed by atoms with Crippen molar-refractivity contribution in [3.05, 3.63) is 69.2 Å². The summed E-state index contributed by atoms with van der Waals surface area (Å²) in [5, 5.41) is 9.99. The van der Waals surface area contributed by atoms with Crippen LogP contribution in [0.25, 0.3) is 0 Å². The van der Waals surface area contributed by atoms with Crippen LogP contribution in [-0.4, -0.2) is 5.11 Å². The summed E-state index contributed by atoms with van der Waals surface area (Å²) in [6, 6.07) is 6.09. The predicted octanol–water partition coefficient (Wildman–Crippen LogP) is 5.02. The molecule has 22 heavy (non-hydrogen) atoms. The van der Waals surface area contributed by atoms with Gasteiger partial charge in [0.1, 0.15) is 11.6 Å². The van der Waals surface area contributed by atoms with Crippen molar-refractivity contribution in [3.63, 3.8) is 0 Å². The summed E-state index contributed by atoms with van der Waals surface area (Å²) in [7, 11) is 0. The second-order valence-electron chi connectivity index (χ2n) is 4.67. The second kappa shape index (κ2) is 6.34. The Hall–Kier alpha value is -1.47. The molecule has 2 rings (SSSR count). The predicted molar refractivity (Wildman–Crippen MR) is 74.2 cm³/mol. The summed E-state index contributed by atoms with van der Waals surface area (Å²) in [6.07, 6.45) is -6.55. The second-order valence-corrected chi connectivity index (χ2v) is 5.52. The van der Waals surface area contributed by atoms with E-state index in [0.29, 0.717) is 18.2 Å². The Kier molecular flexibility index (Phi) is 4.87. The lowest BCUT2D eigenvalue weighted by Gasteiger charge is -2.15. The maximum atomic E-state index is 13.8. The van der Waals surface area contributed by atoms with Crippen molar-refractivity contribution in [1.29, 1.82) is 0 Å². The molecule has 0 aliphatic rings. The van der Waals surface area contributed by atoms with Gasteiger partial charge in [-0.3, -0.25) is 0 Å². The molecular weight excluding hydrogens is 371 g/mol. The molecule has 0 fully saturated rings. The average Bonchev–Trinajstić information content (AvgIpc) is 2.43. The van der Waals surface area contributed by atoms with E-state index in [-0.39, 0.29) is 15.6 Å². The molecule has 118 valence electrons. The number of aliphatic hydroxyl groups excluding tert-OH is 1. The summed E-state index contributed by atoms with van der Waals surface area (Å²) < 4.78 is 65.5. The van der Waals surface area contributed by atoms with Crippen molar-refractivity contribution in [1.82, 2.24) is 0 Å². The molecule has 0 heterocycles. The minimum atomic E-state index is -4.62. The van der Waals surface area contributed by atoms with Crippen LogP contribution >= 0.6 is 15.9 Å². The average molecular weight is 381 g/mol. The zero-order valence-corrected chi connectivity index (χ0v) is 12.5.